The molecule has 12 heavy (non-hydrogen) atoms. The summed E-state index contributed by atoms with van der Waals surface area (Å²) in [6.45, 7) is 3.93. The van der Waals surface area contributed by atoms with E-state index in [0.29, 0.717) is 17.5 Å². The van der Waals surface area contributed by atoms with Crippen molar-refractivity contribution in [1.82, 2.24) is 4.98 Å². The van der Waals surface area contributed by atoms with E-state index >= 15 is 0 Å². The number of anilines is 1. The minimum absolute atomic E-state index is 0.208. The van der Waals surface area contributed by atoms with Crippen LogP contribution in [0.3, 0.4) is 0 Å². The molecule has 0 fully saturated rings. The van der Waals surface area contributed by atoms with Crippen LogP contribution in [-0.4, -0.2) is 12.0 Å². The van der Waals surface area contributed by atoms with Crippen molar-refractivity contribution < 1.29 is 4.42 Å². The van der Waals surface area contributed by atoms with E-state index in [1.54, 1.807) is 7.05 Å². The zero-order valence-corrected chi connectivity index (χ0v) is 7.38. The molecule has 1 aromatic rings. The Hall–Kier alpha value is -1.50. The Balaban J connectivity index is 3.07. The summed E-state index contributed by atoms with van der Waals surface area (Å²) in [5.74, 6) is 1.25. The van der Waals surface area contributed by atoms with Gasteiger partial charge in [-0.05, 0) is 0 Å². The normalized spacial score (nSPS) is 9.92. The van der Waals surface area contributed by atoms with E-state index in [-0.39, 0.29) is 5.92 Å². The molecule has 1 rings (SSSR count). The Kier molecular flexibility index (Phi) is 2.34. The fraction of sp³-hybridized carbons (Fsp3) is 0.500. The zero-order chi connectivity index (χ0) is 9.14. The number of nitrogens with one attached hydrogen (secondary N) is 1. The van der Waals surface area contributed by atoms with Gasteiger partial charge < -0.3 is 9.73 Å². The maximum Gasteiger partial charge on any atom is 0.231 e. The summed E-state index contributed by atoms with van der Waals surface area (Å²) in [7, 11) is 1.70. The van der Waals surface area contributed by atoms with Crippen molar-refractivity contribution >= 4 is 5.88 Å². The van der Waals surface area contributed by atoms with Crippen LogP contribution < -0.4 is 5.32 Å². The van der Waals surface area contributed by atoms with Crippen LogP contribution in [0.25, 0.3) is 0 Å². The quantitative estimate of drug-likeness (QED) is 0.724. The lowest BCUT2D eigenvalue weighted by molar-refractivity contribution is 0.482. The molecule has 0 atom stereocenters. The summed E-state index contributed by atoms with van der Waals surface area (Å²) < 4.78 is 5.27. The van der Waals surface area contributed by atoms with E-state index in [1.807, 2.05) is 19.9 Å². The van der Waals surface area contributed by atoms with Crippen molar-refractivity contribution in [1.29, 1.82) is 5.26 Å². The standard InChI is InChI=1S/C8H11N3O/c1-5(2)7-11-6(4-9)8(10-3)12-7/h5,10H,1-3H3. The van der Waals surface area contributed by atoms with Crippen molar-refractivity contribution in [2.45, 2.75) is 19.8 Å². The molecule has 0 aromatic carbocycles. The molecule has 0 unspecified atom stereocenters. The highest BCUT2D eigenvalue weighted by Crippen LogP contribution is 2.21. The summed E-state index contributed by atoms with van der Waals surface area (Å²) in [5.41, 5.74) is 0.321. The Bertz CT molecular complexity index is 309. The van der Waals surface area contributed by atoms with Gasteiger partial charge in [-0.3, -0.25) is 0 Å². The average Bonchev–Trinajstić information content (AvgIpc) is 2.46. The molecular weight excluding hydrogens is 154 g/mol. The Morgan fingerprint density at radius 1 is 1.58 bits per heavy atom. The molecule has 1 heterocycles. The molecule has 4 nitrogen and oxygen atoms in total. The maximum absolute atomic E-state index is 8.63. The Morgan fingerprint density at radius 2 is 2.25 bits per heavy atom. The first-order chi connectivity index (χ1) is 5.69. The topological polar surface area (TPSA) is 61.9 Å². The molecule has 0 aliphatic rings. The molecule has 1 N–H and O–H groups in total. The molecule has 0 aliphatic heterocycles. The highest BCUT2D eigenvalue weighted by molar-refractivity contribution is 5.44. The number of nitriles is 1. The third-order valence-corrected chi connectivity index (χ3v) is 1.47. The lowest BCUT2D eigenvalue weighted by Crippen LogP contribution is -1.87. The maximum atomic E-state index is 8.63. The second-order valence-electron chi connectivity index (χ2n) is 2.75. The van der Waals surface area contributed by atoms with Crippen molar-refractivity contribution in [2.75, 3.05) is 12.4 Å². The summed E-state index contributed by atoms with van der Waals surface area (Å²) in [5, 5.41) is 11.4. The molecule has 0 spiro atoms. The smallest absolute Gasteiger partial charge is 0.231 e. The number of nitrogens with zero attached hydrogens (tertiary/aromatic N) is 2. The molecule has 0 saturated carbocycles. The van der Waals surface area contributed by atoms with E-state index in [0.717, 1.165) is 0 Å². The fourth-order valence-corrected chi connectivity index (χ4v) is 0.829. The highest BCUT2D eigenvalue weighted by atomic mass is 16.4. The molecule has 0 bridgehead atoms. The molecule has 4 heteroatoms. The van der Waals surface area contributed by atoms with Gasteiger partial charge in [0.25, 0.3) is 0 Å². The van der Waals surface area contributed by atoms with Gasteiger partial charge in [0.1, 0.15) is 6.07 Å². The van der Waals surface area contributed by atoms with Gasteiger partial charge in [-0.25, -0.2) is 4.98 Å². The predicted molar refractivity (Wildman–Crippen MR) is 44.9 cm³/mol. The van der Waals surface area contributed by atoms with Crippen LogP contribution in [-0.2, 0) is 0 Å². The third kappa shape index (κ3) is 1.40. The van der Waals surface area contributed by atoms with Crippen LogP contribution in [0.1, 0.15) is 31.4 Å². The lowest BCUT2D eigenvalue weighted by atomic mass is 10.2. The number of oxazole rings is 1. The van der Waals surface area contributed by atoms with Crippen LogP contribution in [0.4, 0.5) is 5.88 Å². The number of aromatic nitrogens is 1. The minimum atomic E-state index is 0.208. The molecule has 0 saturated heterocycles. The second-order valence-corrected chi connectivity index (χ2v) is 2.75. The molecule has 64 valence electrons. The van der Waals surface area contributed by atoms with E-state index in [4.69, 9.17) is 9.68 Å². The monoisotopic (exact) mass is 165 g/mol. The molecule has 0 radical (unpaired) electrons. The van der Waals surface area contributed by atoms with Gasteiger partial charge in [-0.15, -0.1) is 0 Å². The SMILES string of the molecule is CNc1oc(C(C)C)nc1C#N. The first-order valence-corrected chi connectivity index (χ1v) is 3.77. The van der Waals surface area contributed by atoms with Crippen molar-refractivity contribution in [3.63, 3.8) is 0 Å². The van der Waals surface area contributed by atoms with Gasteiger partial charge in [0, 0.05) is 13.0 Å². The average molecular weight is 165 g/mol. The van der Waals surface area contributed by atoms with Crippen LogP contribution in [0.15, 0.2) is 4.42 Å². The van der Waals surface area contributed by atoms with E-state index < -0.39 is 0 Å². The van der Waals surface area contributed by atoms with Gasteiger partial charge in [0.15, 0.2) is 0 Å². The Morgan fingerprint density at radius 3 is 2.58 bits per heavy atom. The first kappa shape index (κ1) is 8.60. The second kappa shape index (κ2) is 3.26. The van der Waals surface area contributed by atoms with E-state index in [2.05, 4.69) is 10.3 Å². The third-order valence-electron chi connectivity index (χ3n) is 1.47. The van der Waals surface area contributed by atoms with Crippen LogP contribution in [0, 0.1) is 11.3 Å². The van der Waals surface area contributed by atoms with Gasteiger partial charge in [0.2, 0.25) is 17.5 Å². The molecule has 0 amide bonds. The summed E-state index contributed by atoms with van der Waals surface area (Å²) in [6, 6.07) is 1.95. The summed E-state index contributed by atoms with van der Waals surface area (Å²) in [4.78, 5) is 4.01. The van der Waals surface area contributed by atoms with E-state index in [9.17, 15) is 0 Å². The number of hydrogen-bond acceptors (Lipinski definition) is 4. The van der Waals surface area contributed by atoms with Gasteiger partial charge in [-0.2, -0.15) is 5.26 Å². The van der Waals surface area contributed by atoms with E-state index in [1.165, 1.54) is 0 Å². The largest absolute Gasteiger partial charge is 0.424 e. The zero-order valence-electron chi connectivity index (χ0n) is 7.38. The summed E-state index contributed by atoms with van der Waals surface area (Å²) in [6.07, 6.45) is 0. The van der Waals surface area contributed by atoms with Crippen LogP contribution in [0.5, 0.6) is 0 Å². The van der Waals surface area contributed by atoms with Crippen LogP contribution in [0.2, 0.25) is 0 Å². The van der Waals surface area contributed by atoms with Gasteiger partial charge >= 0.3 is 0 Å². The number of rotatable bonds is 2. The lowest BCUT2D eigenvalue weighted by Gasteiger charge is -1.95. The predicted octanol–water partition coefficient (Wildman–Crippen LogP) is 1.71. The van der Waals surface area contributed by atoms with Gasteiger partial charge in [0.05, 0.1) is 0 Å². The first-order valence-electron chi connectivity index (χ1n) is 3.77. The number of hydrogen-bond donors (Lipinski definition) is 1. The minimum Gasteiger partial charge on any atom is -0.424 e. The summed E-state index contributed by atoms with van der Waals surface area (Å²) >= 11 is 0. The molecular formula is C8H11N3O. The van der Waals surface area contributed by atoms with Crippen molar-refractivity contribution in [2.24, 2.45) is 0 Å². The van der Waals surface area contributed by atoms with Crippen LogP contribution >= 0.6 is 0 Å². The van der Waals surface area contributed by atoms with Gasteiger partial charge in [-0.1, -0.05) is 13.8 Å². The van der Waals surface area contributed by atoms with Crippen molar-refractivity contribution in [3.8, 4) is 6.07 Å². The molecule has 0 aliphatic carbocycles. The van der Waals surface area contributed by atoms with Crippen molar-refractivity contribution in [3.05, 3.63) is 11.6 Å². The Labute approximate surface area is 71.2 Å². The fourth-order valence-electron chi connectivity index (χ4n) is 0.829. The molecule has 1 aromatic heterocycles. The highest BCUT2D eigenvalue weighted by Gasteiger charge is 2.13.